The number of benzene rings is 2. The molecule has 2 aromatic rings. The second kappa shape index (κ2) is 8.15. The van der Waals surface area contributed by atoms with Gasteiger partial charge in [0, 0.05) is 32.2 Å². The quantitative estimate of drug-likeness (QED) is 0.655. The van der Waals surface area contributed by atoms with Crippen LogP contribution in [0, 0.1) is 6.92 Å². The summed E-state index contributed by atoms with van der Waals surface area (Å²) in [5.41, 5.74) is 4.04. The van der Waals surface area contributed by atoms with Crippen molar-refractivity contribution in [2.75, 3.05) is 19.6 Å². The summed E-state index contributed by atoms with van der Waals surface area (Å²) in [5, 5.41) is 0. The van der Waals surface area contributed by atoms with Gasteiger partial charge in [0.15, 0.2) is 0 Å². The summed E-state index contributed by atoms with van der Waals surface area (Å²) in [6.45, 7) is 6.12. The number of thiol groups is 1. The standard InChI is InChI=1S/C20H24N2S2/c1-16-7-9-18(10-8-16)14-21-11-12-22(20(23)24)19(15-21)13-17-5-3-2-4-6-17/h2-10,19H,11-15H2,1H3,(H,23,24). The molecule has 1 heterocycles. The fourth-order valence-electron chi connectivity index (χ4n) is 3.33. The molecule has 1 aliphatic rings. The minimum Gasteiger partial charge on any atom is -0.352 e. The summed E-state index contributed by atoms with van der Waals surface area (Å²) >= 11 is 9.81. The van der Waals surface area contributed by atoms with E-state index in [4.69, 9.17) is 12.2 Å². The zero-order valence-corrected chi connectivity index (χ0v) is 15.8. The molecular weight excluding hydrogens is 332 g/mol. The number of aryl methyl sites for hydroxylation is 1. The van der Waals surface area contributed by atoms with Crippen molar-refractivity contribution >= 4 is 29.2 Å². The highest BCUT2D eigenvalue weighted by molar-refractivity contribution is 8.10. The third kappa shape index (κ3) is 4.59. The molecule has 0 spiro atoms. The number of rotatable bonds is 4. The molecule has 4 heteroatoms. The lowest BCUT2D eigenvalue weighted by molar-refractivity contribution is 0.124. The Morgan fingerprint density at radius 1 is 1.04 bits per heavy atom. The molecular formula is C20H24N2S2. The SMILES string of the molecule is Cc1ccc(CN2CCN(C(=S)S)C(Cc3ccccc3)C2)cc1. The summed E-state index contributed by atoms with van der Waals surface area (Å²) in [4.78, 5) is 4.80. The van der Waals surface area contributed by atoms with Crippen LogP contribution in [0.3, 0.4) is 0 Å². The molecule has 1 saturated heterocycles. The smallest absolute Gasteiger partial charge is 0.133 e. The summed E-state index contributed by atoms with van der Waals surface area (Å²) < 4.78 is 0.714. The van der Waals surface area contributed by atoms with Gasteiger partial charge in [-0.3, -0.25) is 4.90 Å². The monoisotopic (exact) mass is 356 g/mol. The van der Waals surface area contributed by atoms with E-state index in [0.717, 1.165) is 32.6 Å². The summed E-state index contributed by atoms with van der Waals surface area (Å²) in [7, 11) is 0. The fraction of sp³-hybridized carbons (Fsp3) is 0.350. The Bertz CT molecular complexity index is 670. The maximum Gasteiger partial charge on any atom is 0.133 e. The van der Waals surface area contributed by atoms with Crippen LogP contribution < -0.4 is 0 Å². The van der Waals surface area contributed by atoms with Crippen LogP contribution in [0.2, 0.25) is 0 Å². The van der Waals surface area contributed by atoms with E-state index in [1.54, 1.807) is 0 Å². The summed E-state index contributed by atoms with van der Waals surface area (Å²) in [6, 6.07) is 19.9. The van der Waals surface area contributed by atoms with Gasteiger partial charge in [0.1, 0.15) is 4.32 Å². The lowest BCUT2D eigenvalue weighted by atomic mass is 10.0. The maximum absolute atomic E-state index is 5.36. The van der Waals surface area contributed by atoms with E-state index in [-0.39, 0.29) is 0 Å². The molecule has 0 radical (unpaired) electrons. The number of hydrogen-bond acceptors (Lipinski definition) is 2. The molecule has 1 unspecified atom stereocenters. The average molecular weight is 357 g/mol. The normalized spacial score (nSPS) is 18.6. The molecule has 0 saturated carbocycles. The van der Waals surface area contributed by atoms with E-state index >= 15 is 0 Å². The van der Waals surface area contributed by atoms with Crippen molar-refractivity contribution in [3.8, 4) is 0 Å². The van der Waals surface area contributed by atoms with E-state index in [1.165, 1.54) is 16.7 Å². The van der Waals surface area contributed by atoms with Gasteiger partial charge in [-0.15, -0.1) is 12.6 Å². The first kappa shape index (κ1) is 17.5. The Kier molecular flexibility index (Phi) is 5.93. The van der Waals surface area contributed by atoms with Crippen LogP contribution in [-0.2, 0) is 13.0 Å². The van der Waals surface area contributed by atoms with E-state index < -0.39 is 0 Å². The first-order valence-corrected chi connectivity index (χ1v) is 9.29. The minimum absolute atomic E-state index is 0.386. The fourth-order valence-corrected chi connectivity index (χ4v) is 3.83. The lowest BCUT2D eigenvalue weighted by Gasteiger charge is -2.42. The van der Waals surface area contributed by atoms with Crippen molar-refractivity contribution in [2.24, 2.45) is 0 Å². The molecule has 24 heavy (non-hydrogen) atoms. The molecule has 3 rings (SSSR count). The van der Waals surface area contributed by atoms with Crippen LogP contribution in [0.4, 0.5) is 0 Å². The van der Waals surface area contributed by atoms with Crippen LogP contribution in [0.1, 0.15) is 16.7 Å². The van der Waals surface area contributed by atoms with Gasteiger partial charge in [0.05, 0.1) is 0 Å². The van der Waals surface area contributed by atoms with E-state index in [9.17, 15) is 0 Å². The van der Waals surface area contributed by atoms with Gasteiger partial charge in [-0.05, 0) is 24.5 Å². The highest BCUT2D eigenvalue weighted by Crippen LogP contribution is 2.19. The van der Waals surface area contributed by atoms with Crippen LogP contribution in [-0.4, -0.2) is 39.8 Å². The predicted octanol–water partition coefficient (Wildman–Crippen LogP) is 3.94. The molecule has 0 amide bonds. The molecule has 1 atom stereocenters. The van der Waals surface area contributed by atoms with Gasteiger partial charge >= 0.3 is 0 Å². The zero-order valence-electron chi connectivity index (χ0n) is 14.1. The highest BCUT2D eigenvalue weighted by Gasteiger charge is 2.27. The Labute approximate surface area is 155 Å². The molecule has 0 bridgehead atoms. The van der Waals surface area contributed by atoms with Crippen LogP contribution in [0.25, 0.3) is 0 Å². The van der Waals surface area contributed by atoms with Gasteiger partial charge in [-0.2, -0.15) is 0 Å². The van der Waals surface area contributed by atoms with Gasteiger partial charge in [-0.1, -0.05) is 72.4 Å². The Morgan fingerprint density at radius 3 is 2.42 bits per heavy atom. The minimum atomic E-state index is 0.386. The van der Waals surface area contributed by atoms with Crippen molar-refractivity contribution < 1.29 is 0 Å². The van der Waals surface area contributed by atoms with Crippen molar-refractivity contribution in [3.63, 3.8) is 0 Å². The van der Waals surface area contributed by atoms with Crippen LogP contribution >= 0.6 is 24.8 Å². The predicted molar refractivity (Wildman–Crippen MR) is 109 cm³/mol. The van der Waals surface area contributed by atoms with E-state index in [1.807, 2.05) is 0 Å². The Balaban J connectivity index is 1.69. The second-order valence-electron chi connectivity index (χ2n) is 6.54. The van der Waals surface area contributed by atoms with Crippen molar-refractivity contribution in [2.45, 2.75) is 25.9 Å². The Morgan fingerprint density at radius 2 is 1.75 bits per heavy atom. The molecule has 1 aliphatic heterocycles. The number of hydrogen-bond donors (Lipinski definition) is 1. The first-order chi connectivity index (χ1) is 11.6. The third-order valence-electron chi connectivity index (χ3n) is 4.65. The van der Waals surface area contributed by atoms with E-state index in [2.05, 4.69) is 83.9 Å². The van der Waals surface area contributed by atoms with Gasteiger partial charge in [-0.25, -0.2) is 0 Å². The van der Waals surface area contributed by atoms with Crippen LogP contribution in [0.15, 0.2) is 54.6 Å². The summed E-state index contributed by atoms with van der Waals surface area (Å²) in [6.07, 6.45) is 1.01. The zero-order chi connectivity index (χ0) is 16.9. The number of thiocarbonyl (C=S) groups is 1. The Hall–Kier alpha value is -1.36. The molecule has 2 aromatic carbocycles. The highest BCUT2D eigenvalue weighted by atomic mass is 32.1. The lowest BCUT2D eigenvalue weighted by Crippen LogP contribution is -2.54. The van der Waals surface area contributed by atoms with Crippen molar-refractivity contribution in [1.82, 2.24) is 9.80 Å². The summed E-state index contributed by atoms with van der Waals surface area (Å²) in [5.74, 6) is 0. The molecule has 0 aromatic heterocycles. The van der Waals surface area contributed by atoms with E-state index in [0.29, 0.717) is 10.4 Å². The average Bonchev–Trinajstić information content (AvgIpc) is 2.58. The molecule has 126 valence electrons. The number of nitrogens with zero attached hydrogens (tertiary/aromatic N) is 2. The van der Waals surface area contributed by atoms with Crippen molar-refractivity contribution in [3.05, 3.63) is 71.3 Å². The topological polar surface area (TPSA) is 6.48 Å². The second-order valence-corrected chi connectivity index (χ2v) is 7.65. The molecule has 0 aliphatic carbocycles. The first-order valence-electron chi connectivity index (χ1n) is 8.43. The largest absolute Gasteiger partial charge is 0.352 e. The maximum atomic E-state index is 5.36. The molecule has 2 nitrogen and oxygen atoms in total. The molecule has 1 fully saturated rings. The van der Waals surface area contributed by atoms with Crippen LogP contribution in [0.5, 0.6) is 0 Å². The van der Waals surface area contributed by atoms with Gasteiger partial charge in [0.2, 0.25) is 0 Å². The van der Waals surface area contributed by atoms with Gasteiger partial charge < -0.3 is 4.90 Å². The third-order valence-corrected chi connectivity index (χ3v) is 5.14. The number of piperazine rings is 1. The van der Waals surface area contributed by atoms with Gasteiger partial charge in [0.25, 0.3) is 0 Å². The molecule has 0 N–H and O–H groups in total. The van der Waals surface area contributed by atoms with Crippen molar-refractivity contribution in [1.29, 1.82) is 0 Å².